The first-order chi connectivity index (χ1) is 9.20. The van der Waals surface area contributed by atoms with Crippen LogP contribution in [0.2, 0.25) is 0 Å². The molecule has 0 aromatic heterocycles. The van der Waals surface area contributed by atoms with Crippen LogP contribution in [0.15, 0.2) is 24.3 Å². The molecule has 0 bridgehead atoms. The Morgan fingerprint density at radius 1 is 1.47 bits per heavy atom. The number of nitrogens with zero attached hydrogens (tertiary/aromatic N) is 1. The minimum absolute atomic E-state index is 0.161. The molecule has 0 spiro atoms. The Bertz CT molecular complexity index is 434. The van der Waals surface area contributed by atoms with Crippen molar-refractivity contribution in [2.24, 2.45) is 11.7 Å². The molecular formula is C15H22N2O2. The summed E-state index contributed by atoms with van der Waals surface area (Å²) in [4.78, 5) is 13.8. The monoisotopic (exact) mass is 262 g/mol. The summed E-state index contributed by atoms with van der Waals surface area (Å²) in [5.41, 5.74) is 6.65. The van der Waals surface area contributed by atoms with E-state index in [0.717, 1.165) is 30.7 Å². The summed E-state index contributed by atoms with van der Waals surface area (Å²) in [6, 6.07) is 7.77. The number of hydrogen-bond acceptors (Lipinski definition) is 3. The Kier molecular flexibility index (Phi) is 4.80. The van der Waals surface area contributed by atoms with E-state index in [1.807, 2.05) is 36.1 Å². The van der Waals surface area contributed by atoms with Crippen LogP contribution in [0.25, 0.3) is 0 Å². The van der Waals surface area contributed by atoms with E-state index in [9.17, 15) is 4.79 Å². The molecule has 1 aliphatic heterocycles. The topological polar surface area (TPSA) is 55.6 Å². The lowest BCUT2D eigenvalue weighted by Crippen LogP contribution is -2.42. The van der Waals surface area contributed by atoms with E-state index < -0.39 is 0 Å². The number of nitrogens with two attached hydrogens (primary N) is 1. The fraction of sp³-hybridized carbons (Fsp3) is 0.533. The summed E-state index contributed by atoms with van der Waals surface area (Å²) >= 11 is 0. The summed E-state index contributed by atoms with van der Waals surface area (Å²) in [7, 11) is 0. The summed E-state index contributed by atoms with van der Waals surface area (Å²) in [5, 5.41) is 0. The molecule has 0 saturated carbocycles. The highest BCUT2D eigenvalue weighted by Gasteiger charge is 2.24. The van der Waals surface area contributed by atoms with Gasteiger partial charge in [-0.15, -0.1) is 0 Å². The predicted molar refractivity (Wildman–Crippen MR) is 74.8 cm³/mol. The summed E-state index contributed by atoms with van der Waals surface area (Å²) in [6.45, 7) is 4.57. The number of rotatable bonds is 5. The molecule has 1 aliphatic rings. The zero-order valence-electron chi connectivity index (χ0n) is 11.5. The molecule has 2 rings (SSSR count). The number of carbonyl (C=O) groups excluding carboxylic acids is 1. The van der Waals surface area contributed by atoms with Gasteiger partial charge in [0.15, 0.2) is 0 Å². The lowest BCUT2D eigenvalue weighted by atomic mass is 9.99. The van der Waals surface area contributed by atoms with Crippen molar-refractivity contribution in [3.8, 4) is 5.75 Å². The molecule has 1 amide bonds. The zero-order chi connectivity index (χ0) is 13.7. The molecule has 1 saturated heterocycles. The normalized spacial score (nSPS) is 19.6. The van der Waals surface area contributed by atoms with Crippen molar-refractivity contribution >= 4 is 5.91 Å². The van der Waals surface area contributed by atoms with Crippen molar-refractivity contribution in [1.29, 1.82) is 0 Å². The predicted octanol–water partition coefficient (Wildman–Crippen LogP) is 1.78. The standard InChI is InChI=1S/C15H22N2O2/c1-12-4-3-7-17(15(12)18)8-9-19-14-6-2-5-13(10-14)11-16/h2,5-6,10,12H,3-4,7-9,11,16H2,1H3. The van der Waals surface area contributed by atoms with Crippen LogP contribution in [0.4, 0.5) is 0 Å². The number of hydrogen-bond donors (Lipinski definition) is 1. The van der Waals surface area contributed by atoms with Crippen molar-refractivity contribution < 1.29 is 9.53 Å². The van der Waals surface area contributed by atoms with Crippen molar-refractivity contribution in [1.82, 2.24) is 4.90 Å². The Morgan fingerprint density at radius 2 is 2.32 bits per heavy atom. The molecular weight excluding hydrogens is 240 g/mol. The van der Waals surface area contributed by atoms with Gasteiger partial charge in [-0.3, -0.25) is 4.79 Å². The molecule has 1 aromatic rings. The van der Waals surface area contributed by atoms with Gasteiger partial charge >= 0.3 is 0 Å². The number of ether oxygens (including phenoxy) is 1. The fourth-order valence-corrected chi connectivity index (χ4v) is 2.39. The molecule has 4 nitrogen and oxygen atoms in total. The smallest absolute Gasteiger partial charge is 0.225 e. The second kappa shape index (κ2) is 6.57. The van der Waals surface area contributed by atoms with E-state index in [1.54, 1.807) is 0 Å². The van der Waals surface area contributed by atoms with Crippen molar-refractivity contribution in [2.45, 2.75) is 26.3 Å². The number of amides is 1. The van der Waals surface area contributed by atoms with Crippen LogP contribution in [-0.4, -0.2) is 30.5 Å². The largest absolute Gasteiger partial charge is 0.492 e. The van der Waals surface area contributed by atoms with E-state index in [2.05, 4.69) is 0 Å². The van der Waals surface area contributed by atoms with E-state index in [1.165, 1.54) is 0 Å². The van der Waals surface area contributed by atoms with Gasteiger partial charge in [-0.1, -0.05) is 19.1 Å². The number of likely N-dealkylation sites (tertiary alicyclic amines) is 1. The maximum Gasteiger partial charge on any atom is 0.225 e. The molecule has 4 heteroatoms. The first kappa shape index (κ1) is 13.9. The molecule has 2 N–H and O–H groups in total. The third-order valence-electron chi connectivity index (χ3n) is 3.56. The molecule has 1 heterocycles. The Balaban J connectivity index is 1.81. The molecule has 1 fully saturated rings. The van der Waals surface area contributed by atoms with Gasteiger partial charge in [-0.2, -0.15) is 0 Å². The molecule has 19 heavy (non-hydrogen) atoms. The van der Waals surface area contributed by atoms with Crippen molar-refractivity contribution in [3.05, 3.63) is 29.8 Å². The highest BCUT2D eigenvalue weighted by Crippen LogP contribution is 2.17. The maximum atomic E-state index is 11.9. The van der Waals surface area contributed by atoms with Crippen LogP contribution >= 0.6 is 0 Å². The average Bonchev–Trinajstić information content (AvgIpc) is 2.44. The molecule has 1 unspecified atom stereocenters. The van der Waals surface area contributed by atoms with Gasteiger partial charge in [-0.25, -0.2) is 0 Å². The number of benzene rings is 1. The van der Waals surface area contributed by atoms with Crippen LogP contribution in [0.1, 0.15) is 25.3 Å². The molecule has 0 radical (unpaired) electrons. The molecule has 104 valence electrons. The van der Waals surface area contributed by atoms with Crippen molar-refractivity contribution in [2.75, 3.05) is 19.7 Å². The van der Waals surface area contributed by atoms with Gasteiger partial charge < -0.3 is 15.4 Å². The van der Waals surface area contributed by atoms with E-state index in [0.29, 0.717) is 19.7 Å². The minimum Gasteiger partial charge on any atom is -0.492 e. The van der Waals surface area contributed by atoms with Gasteiger partial charge in [-0.05, 0) is 30.5 Å². The first-order valence-corrected chi connectivity index (χ1v) is 6.91. The Labute approximate surface area is 114 Å². The molecule has 1 atom stereocenters. The van der Waals surface area contributed by atoms with Crippen LogP contribution < -0.4 is 10.5 Å². The van der Waals surface area contributed by atoms with Crippen molar-refractivity contribution in [3.63, 3.8) is 0 Å². The van der Waals surface area contributed by atoms with Gasteiger partial charge in [0, 0.05) is 19.0 Å². The van der Waals surface area contributed by atoms with Gasteiger partial charge in [0.05, 0.1) is 6.54 Å². The second-order valence-corrected chi connectivity index (χ2v) is 5.07. The van der Waals surface area contributed by atoms with Gasteiger partial charge in [0.25, 0.3) is 0 Å². The lowest BCUT2D eigenvalue weighted by molar-refractivity contribution is -0.138. The quantitative estimate of drug-likeness (QED) is 0.880. The highest BCUT2D eigenvalue weighted by molar-refractivity contribution is 5.79. The first-order valence-electron chi connectivity index (χ1n) is 6.91. The molecule has 0 aliphatic carbocycles. The fourth-order valence-electron chi connectivity index (χ4n) is 2.39. The van der Waals surface area contributed by atoms with E-state index in [4.69, 9.17) is 10.5 Å². The number of piperidine rings is 1. The third kappa shape index (κ3) is 3.70. The van der Waals surface area contributed by atoms with Crippen LogP contribution in [-0.2, 0) is 11.3 Å². The van der Waals surface area contributed by atoms with E-state index >= 15 is 0 Å². The summed E-state index contributed by atoms with van der Waals surface area (Å²) in [6.07, 6.45) is 2.10. The van der Waals surface area contributed by atoms with Crippen LogP contribution in [0, 0.1) is 5.92 Å². The van der Waals surface area contributed by atoms with E-state index in [-0.39, 0.29) is 11.8 Å². The third-order valence-corrected chi connectivity index (χ3v) is 3.56. The maximum absolute atomic E-state index is 11.9. The van der Waals surface area contributed by atoms with Gasteiger partial charge in [0.2, 0.25) is 5.91 Å². The highest BCUT2D eigenvalue weighted by atomic mass is 16.5. The molecule has 1 aromatic carbocycles. The Hall–Kier alpha value is -1.55. The van der Waals surface area contributed by atoms with Gasteiger partial charge in [0.1, 0.15) is 12.4 Å². The SMILES string of the molecule is CC1CCCN(CCOc2cccc(CN)c2)C1=O. The number of carbonyl (C=O) groups is 1. The summed E-state index contributed by atoms with van der Waals surface area (Å²) in [5.74, 6) is 1.24. The van der Waals surface area contributed by atoms with Crippen LogP contribution in [0.5, 0.6) is 5.75 Å². The zero-order valence-corrected chi connectivity index (χ0v) is 11.5. The lowest BCUT2D eigenvalue weighted by Gasteiger charge is -2.30. The second-order valence-electron chi connectivity index (χ2n) is 5.07. The minimum atomic E-state index is 0.161. The average molecular weight is 262 g/mol. The van der Waals surface area contributed by atoms with Crippen LogP contribution in [0.3, 0.4) is 0 Å². The Morgan fingerprint density at radius 3 is 3.11 bits per heavy atom. The summed E-state index contributed by atoms with van der Waals surface area (Å²) < 4.78 is 5.69.